The Bertz CT molecular complexity index is 763. The maximum atomic E-state index is 2.32. The van der Waals surface area contributed by atoms with Crippen molar-refractivity contribution in [2.45, 2.75) is 78.1 Å². The van der Waals surface area contributed by atoms with Gasteiger partial charge >= 0.3 is 0 Å². The molecule has 3 aromatic heterocycles. The predicted molar refractivity (Wildman–Crippen MR) is 127 cm³/mol. The maximum Gasteiger partial charge on any atom is 0.0534 e. The predicted octanol–water partition coefficient (Wildman–Crippen LogP) is 9.45. The van der Waals surface area contributed by atoms with E-state index >= 15 is 0 Å². The van der Waals surface area contributed by atoms with Crippen LogP contribution in [0.25, 0.3) is 20.2 Å². The van der Waals surface area contributed by atoms with E-state index in [2.05, 4.69) is 60.2 Å². The van der Waals surface area contributed by atoms with Crippen LogP contribution in [0.15, 0.2) is 35.0 Å². The van der Waals surface area contributed by atoms with E-state index in [-0.39, 0.29) is 0 Å². The molecule has 0 aliphatic carbocycles. The van der Waals surface area contributed by atoms with Crippen molar-refractivity contribution in [2.24, 2.45) is 0 Å². The Labute approximate surface area is 177 Å². The molecule has 0 aliphatic heterocycles. The van der Waals surface area contributed by atoms with E-state index in [1.54, 1.807) is 16.0 Å². The minimum absolute atomic E-state index is 1.25. The van der Waals surface area contributed by atoms with E-state index < -0.39 is 0 Å². The molecule has 3 heterocycles. The van der Waals surface area contributed by atoms with Gasteiger partial charge in [-0.1, -0.05) is 64.5 Å². The lowest BCUT2D eigenvalue weighted by Crippen LogP contribution is -1.93. The Morgan fingerprint density at radius 3 is 1.93 bits per heavy atom. The van der Waals surface area contributed by atoms with Gasteiger partial charge in [0.15, 0.2) is 0 Å². The highest BCUT2D eigenvalue weighted by Crippen LogP contribution is 2.47. The van der Waals surface area contributed by atoms with Crippen molar-refractivity contribution in [3.8, 4) is 20.2 Å². The van der Waals surface area contributed by atoms with Crippen LogP contribution in [-0.2, 0) is 12.8 Å². The second-order valence-corrected chi connectivity index (χ2v) is 10.3. The van der Waals surface area contributed by atoms with Crippen molar-refractivity contribution in [3.05, 3.63) is 45.5 Å². The first kappa shape index (κ1) is 20.8. The van der Waals surface area contributed by atoms with E-state index in [1.807, 2.05) is 22.7 Å². The third-order valence-electron chi connectivity index (χ3n) is 5.14. The molecule has 3 heteroatoms. The summed E-state index contributed by atoms with van der Waals surface area (Å²) in [6.07, 6.45) is 13.3. The van der Waals surface area contributed by atoms with Gasteiger partial charge in [-0.3, -0.25) is 0 Å². The van der Waals surface area contributed by atoms with Crippen LogP contribution in [0.1, 0.15) is 75.7 Å². The topological polar surface area (TPSA) is 0 Å². The third kappa shape index (κ3) is 5.56. The van der Waals surface area contributed by atoms with E-state index in [4.69, 9.17) is 0 Å². The van der Waals surface area contributed by atoms with Crippen molar-refractivity contribution in [3.63, 3.8) is 0 Å². The van der Waals surface area contributed by atoms with Crippen LogP contribution >= 0.6 is 34.0 Å². The molecular formula is C24H32S3. The maximum absolute atomic E-state index is 2.32. The first-order valence-electron chi connectivity index (χ1n) is 10.6. The normalized spacial score (nSPS) is 11.3. The van der Waals surface area contributed by atoms with Crippen molar-refractivity contribution in [2.75, 3.05) is 0 Å². The summed E-state index contributed by atoms with van der Waals surface area (Å²) in [5.41, 5.74) is 3.22. The highest BCUT2D eigenvalue weighted by atomic mass is 32.1. The molecule has 0 aliphatic rings. The van der Waals surface area contributed by atoms with Crippen molar-refractivity contribution in [1.82, 2.24) is 0 Å². The fourth-order valence-corrected chi connectivity index (χ4v) is 6.81. The number of aryl methyl sites for hydroxylation is 1. The molecule has 0 aromatic carbocycles. The minimum Gasteiger partial charge on any atom is -0.144 e. The third-order valence-corrected chi connectivity index (χ3v) is 8.37. The lowest BCUT2D eigenvalue weighted by atomic mass is 9.97. The molecule has 27 heavy (non-hydrogen) atoms. The van der Waals surface area contributed by atoms with E-state index in [9.17, 15) is 0 Å². The van der Waals surface area contributed by atoms with E-state index in [0.29, 0.717) is 0 Å². The largest absolute Gasteiger partial charge is 0.144 e. The van der Waals surface area contributed by atoms with Crippen molar-refractivity contribution >= 4 is 34.0 Å². The van der Waals surface area contributed by atoms with Gasteiger partial charge in [-0.25, -0.2) is 0 Å². The summed E-state index contributed by atoms with van der Waals surface area (Å²) in [6, 6.07) is 9.02. The van der Waals surface area contributed by atoms with Crippen LogP contribution in [0.3, 0.4) is 0 Å². The fourth-order valence-electron chi connectivity index (χ4n) is 3.68. The molecule has 0 N–H and O–H groups in total. The zero-order valence-corrected chi connectivity index (χ0v) is 19.2. The summed E-state index contributed by atoms with van der Waals surface area (Å²) in [7, 11) is 0. The van der Waals surface area contributed by atoms with Gasteiger partial charge in [0.1, 0.15) is 0 Å². The molecule has 0 unspecified atom stereocenters. The average molecular weight is 417 g/mol. The first-order chi connectivity index (χ1) is 13.3. The second kappa shape index (κ2) is 11.2. The molecule has 0 saturated carbocycles. The summed E-state index contributed by atoms with van der Waals surface area (Å²) in [5.74, 6) is 0. The molecule has 0 atom stereocenters. The smallest absolute Gasteiger partial charge is 0.0534 e. The van der Waals surface area contributed by atoms with Crippen LogP contribution in [0.5, 0.6) is 0 Å². The van der Waals surface area contributed by atoms with Crippen molar-refractivity contribution in [1.29, 1.82) is 0 Å². The first-order valence-corrected chi connectivity index (χ1v) is 13.1. The quantitative estimate of drug-likeness (QED) is 0.258. The molecule has 0 amide bonds. The average Bonchev–Trinajstić information content (AvgIpc) is 3.43. The lowest BCUT2D eigenvalue weighted by molar-refractivity contribution is 0.655. The summed E-state index contributed by atoms with van der Waals surface area (Å²) >= 11 is 5.87. The summed E-state index contributed by atoms with van der Waals surface area (Å²) < 4.78 is 0. The Morgan fingerprint density at radius 1 is 0.704 bits per heavy atom. The van der Waals surface area contributed by atoms with Gasteiger partial charge in [0.25, 0.3) is 0 Å². The Balaban J connectivity index is 1.94. The molecule has 3 rings (SSSR count). The second-order valence-electron chi connectivity index (χ2n) is 7.28. The number of rotatable bonds is 12. The van der Waals surface area contributed by atoms with Crippen LogP contribution in [0.2, 0.25) is 0 Å². The molecule has 0 nitrogen and oxygen atoms in total. The monoisotopic (exact) mass is 416 g/mol. The minimum atomic E-state index is 1.25. The molecule has 0 radical (unpaired) electrons. The van der Waals surface area contributed by atoms with E-state index in [0.717, 1.165) is 0 Å². The van der Waals surface area contributed by atoms with Crippen LogP contribution < -0.4 is 0 Å². The Morgan fingerprint density at radius 2 is 1.33 bits per heavy atom. The lowest BCUT2D eigenvalue weighted by Gasteiger charge is -2.08. The number of hydrogen-bond donors (Lipinski definition) is 0. The molecule has 0 bridgehead atoms. The summed E-state index contributed by atoms with van der Waals surface area (Å²) in [4.78, 5) is 6.08. The van der Waals surface area contributed by atoms with Gasteiger partial charge in [-0.15, -0.1) is 34.0 Å². The number of hydrogen-bond acceptors (Lipinski definition) is 3. The zero-order chi connectivity index (χ0) is 18.9. The highest BCUT2D eigenvalue weighted by molar-refractivity contribution is 7.22. The van der Waals surface area contributed by atoms with E-state index in [1.165, 1.54) is 78.8 Å². The van der Waals surface area contributed by atoms with Crippen LogP contribution in [0.4, 0.5) is 0 Å². The van der Waals surface area contributed by atoms with Gasteiger partial charge < -0.3 is 0 Å². The molecular weight excluding hydrogens is 384 g/mol. The van der Waals surface area contributed by atoms with Gasteiger partial charge in [-0.2, -0.15) is 0 Å². The highest BCUT2D eigenvalue weighted by Gasteiger charge is 2.21. The zero-order valence-electron chi connectivity index (χ0n) is 16.8. The van der Waals surface area contributed by atoms with Crippen molar-refractivity contribution < 1.29 is 0 Å². The molecule has 0 saturated heterocycles. The number of thiophene rings is 3. The summed E-state index contributed by atoms with van der Waals surface area (Å²) in [5, 5.41) is 4.45. The molecule has 0 spiro atoms. The standard InChI is InChI=1S/C24H32S3/c1-3-5-7-9-13-19-20(14-10-8-6-4-2)27-24(22-16-12-18-26-22)23(19)21-15-11-17-25-21/h11-12,15-18H,3-10,13-14H2,1-2H3. The van der Waals surface area contributed by atoms with Gasteiger partial charge in [0.05, 0.1) is 4.88 Å². The SMILES string of the molecule is CCCCCCc1sc(-c2cccs2)c(-c2cccs2)c1CCCCCC. The van der Waals surface area contributed by atoms with Crippen LogP contribution in [0, 0.1) is 0 Å². The summed E-state index contributed by atoms with van der Waals surface area (Å²) in [6.45, 7) is 4.60. The molecule has 146 valence electrons. The number of unbranched alkanes of at least 4 members (excludes halogenated alkanes) is 6. The Hall–Kier alpha value is -0.900. The molecule has 3 aromatic rings. The van der Waals surface area contributed by atoms with Gasteiger partial charge in [-0.05, 0) is 54.1 Å². The van der Waals surface area contributed by atoms with Gasteiger partial charge in [0.2, 0.25) is 0 Å². The fraction of sp³-hybridized carbons (Fsp3) is 0.500. The Kier molecular flexibility index (Phi) is 8.63. The molecule has 0 fully saturated rings. The van der Waals surface area contributed by atoms with Crippen LogP contribution in [-0.4, -0.2) is 0 Å². The van der Waals surface area contributed by atoms with Gasteiger partial charge in [0, 0.05) is 20.2 Å².